The summed E-state index contributed by atoms with van der Waals surface area (Å²) >= 11 is 0. The molecule has 0 radical (unpaired) electrons. The molecule has 2 heterocycles. The monoisotopic (exact) mass is 302 g/mol. The molecule has 2 aliphatic heterocycles. The molecule has 3 nitrogen and oxygen atoms in total. The average molecular weight is 303 g/mol. The van der Waals surface area contributed by atoms with Gasteiger partial charge in [0.25, 0.3) is 0 Å². The van der Waals surface area contributed by atoms with Gasteiger partial charge in [-0.2, -0.15) is 0 Å². The first-order valence-corrected chi connectivity index (χ1v) is 8.47. The average Bonchev–Trinajstić information content (AvgIpc) is 2.88. The Labute approximate surface area is 129 Å². The minimum absolute atomic E-state index is 0. The molecular formula is C16H31ClN2O. The zero-order chi connectivity index (χ0) is 13.1. The third-order valence-corrected chi connectivity index (χ3v) is 5.64. The van der Waals surface area contributed by atoms with E-state index in [1.54, 1.807) is 0 Å². The van der Waals surface area contributed by atoms with Crippen molar-refractivity contribution < 1.29 is 5.11 Å². The number of nitrogens with zero attached hydrogens (tertiary/aromatic N) is 1. The topological polar surface area (TPSA) is 35.5 Å². The van der Waals surface area contributed by atoms with Crippen molar-refractivity contribution >= 4 is 12.4 Å². The Morgan fingerprint density at radius 2 is 1.70 bits per heavy atom. The normalized spacial score (nSPS) is 36.8. The molecule has 0 spiro atoms. The summed E-state index contributed by atoms with van der Waals surface area (Å²) in [6.07, 6.45) is 10.2. The maximum Gasteiger partial charge on any atom is 0.0583 e. The molecule has 0 amide bonds. The van der Waals surface area contributed by atoms with Gasteiger partial charge < -0.3 is 10.4 Å². The number of likely N-dealkylation sites (tertiary alicyclic amines) is 1. The molecule has 3 atom stereocenters. The van der Waals surface area contributed by atoms with Crippen LogP contribution in [-0.2, 0) is 0 Å². The number of aliphatic hydroxyl groups is 1. The van der Waals surface area contributed by atoms with Gasteiger partial charge >= 0.3 is 0 Å². The lowest BCUT2D eigenvalue weighted by Crippen LogP contribution is -2.45. The molecule has 2 N–H and O–H groups in total. The lowest BCUT2D eigenvalue weighted by molar-refractivity contribution is 0.0172. The quantitative estimate of drug-likeness (QED) is 0.840. The Morgan fingerprint density at radius 3 is 2.45 bits per heavy atom. The largest absolute Gasteiger partial charge is 0.393 e. The molecule has 3 unspecified atom stereocenters. The molecule has 0 aromatic heterocycles. The Hall–Kier alpha value is 0.170. The second-order valence-electron chi connectivity index (χ2n) is 6.91. The Morgan fingerprint density at radius 1 is 0.950 bits per heavy atom. The van der Waals surface area contributed by atoms with E-state index in [0.717, 1.165) is 12.3 Å². The summed E-state index contributed by atoms with van der Waals surface area (Å²) in [4.78, 5) is 2.73. The third kappa shape index (κ3) is 3.88. The van der Waals surface area contributed by atoms with Crippen LogP contribution in [0.1, 0.15) is 51.4 Å². The Bertz CT molecular complexity index is 284. The fourth-order valence-corrected chi connectivity index (χ4v) is 4.55. The van der Waals surface area contributed by atoms with Crippen molar-refractivity contribution in [3.63, 3.8) is 0 Å². The van der Waals surface area contributed by atoms with Gasteiger partial charge in [-0.3, -0.25) is 4.90 Å². The van der Waals surface area contributed by atoms with Crippen LogP contribution >= 0.6 is 12.4 Å². The van der Waals surface area contributed by atoms with Gasteiger partial charge in [0, 0.05) is 18.5 Å². The number of hydrogen-bond acceptors (Lipinski definition) is 3. The fraction of sp³-hybridized carbons (Fsp3) is 1.00. The fourth-order valence-electron chi connectivity index (χ4n) is 4.55. The molecule has 3 aliphatic rings. The van der Waals surface area contributed by atoms with Crippen LogP contribution in [0.15, 0.2) is 0 Å². The molecule has 1 saturated carbocycles. The first-order chi connectivity index (χ1) is 9.34. The minimum atomic E-state index is -0.0210. The van der Waals surface area contributed by atoms with E-state index in [1.165, 1.54) is 71.1 Å². The minimum Gasteiger partial charge on any atom is -0.393 e. The third-order valence-electron chi connectivity index (χ3n) is 5.64. The summed E-state index contributed by atoms with van der Waals surface area (Å²) in [6.45, 7) is 4.97. The van der Waals surface area contributed by atoms with Crippen LogP contribution in [0.5, 0.6) is 0 Å². The molecule has 4 heteroatoms. The summed E-state index contributed by atoms with van der Waals surface area (Å²) in [6, 6.07) is 0.685. The molecule has 1 aliphatic carbocycles. The highest BCUT2D eigenvalue weighted by atomic mass is 35.5. The van der Waals surface area contributed by atoms with E-state index < -0.39 is 0 Å². The van der Waals surface area contributed by atoms with Crippen molar-refractivity contribution in [3.8, 4) is 0 Å². The lowest BCUT2D eigenvalue weighted by atomic mass is 9.80. The first-order valence-electron chi connectivity index (χ1n) is 8.47. The van der Waals surface area contributed by atoms with Crippen molar-refractivity contribution in [2.75, 3.05) is 26.2 Å². The SMILES string of the molecule is Cl.OC1CCCCC1C1CCCN1CC1CCNCC1. The number of piperidine rings is 1. The van der Waals surface area contributed by atoms with Crippen molar-refractivity contribution in [3.05, 3.63) is 0 Å². The van der Waals surface area contributed by atoms with Gasteiger partial charge in [-0.1, -0.05) is 12.8 Å². The van der Waals surface area contributed by atoms with Crippen molar-refractivity contribution in [1.29, 1.82) is 0 Å². The molecule has 0 aromatic carbocycles. The number of halogens is 1. The molecule has 118 valence electrons. The number of nitrogens with one attached hydrogen (secondary N) is 1. The van der Waals surface area contributed by atoms with Crippen LogP contribution in [0.2, 0.25) is 0 Å². The standard InChI is InChI=1S/C16H30N2O.ClH/c19-16-6-2-1-4-14(16)15-5-3-11-18(15)12-13-7-9-17-10-8-13;/h13-17,19H,1-12H2;1H. The van der Waals surface area contributed by atoms with Crippen LogP contribution in [0.25, 0.3) is 0 Å². The second kappa shape index (κ2) is 7.98. The van der Waals surface area contributed by atoms with E-state index >= 15 is 0 Å². The van der Waals surface area contributed by atoms with Gasteiger partial charge in [0.1, 0.15) is 0 Å². The number of hydrogen-bond donors (Lipinski definition) is 2. The summed E-state index contributed by atoms with van der Waals surface area (Å²) in [7, 11) is 0. The van der Waals surface area contributed by atoms with Crippen LogP contribution in [0, 0.1) is 11.8 Å². The number of aliphatic hydroxyl groups excluding tert-OH is 1. The van der Waals surface area contributed by atoms with E-state index in [2.05, 4.69) is 10.2 Å². The zero-order valence-electron chi connectivity index (χ0n) is 12.6. The highest BCUT2D eigenvalue weighted by Gasteiger charge is 2.37. The van der Waals surface area contributed by atoms with E-state index in [0.29, 0.717) is 12.0 Å². The van der Waals surface area contributed by atoms with E-state index in [9.17, 15) is 5.11 Å². The highest BCUT2D eigenvalue weighted by Crippen LogP contribution is 2.35. The van der Waals surface area contributed by atoms with Gasteiger partial charge in [0.05, 0.1) is 6.10 Å². The summed E-state index contributed by atoms with van der Waals surface area (Å²) in [5, 5.41) is 13.8. The van der Waals surface area contributed by atoms with Crippen molar-refractivity contribution in [2.24, 2.45) is 11.8 Å². The highest BCUT2D eigenvalue weighted by molar-refractivity contribution is 5.85. The zero-order valence-corrected chi connectivity index (χ0v) is 13.4. The molecule has 3 fully saturated rings. The van der Waals surface area contributed by atoms with Gasteiger partial charge in [-0.15, -0.1) is 12.4 Å². The van der Waals surface area contributed by atoms with Gasteiger partial charge in [0.2, 0.25) is 0 Å². The predicted molar refractivity (Wildman–Crippen MR) is 85.4 cm³/mol. The maximum absolute atomic E-state index is 10.3. The van der Waals surface area contributed by atoms with Gasteiger partial charge in [-0.25, -0.2) is 0 Å². The smallest absolute Gasteiger partial charge is 0.0583 e. The predicted octanol–water partition coefficient (Wildman–Crippen LogP) is 2.42. The van der Waals surface area contributed by atoms with Crippen LogP contribution in [-0.4, -0.2) is 48.3 Å². The van der Waals surface area contributed by atoms with E-state index in [4.69, 9.17) is 0 Å². The lowest BCUT2D eigenvalue weighted by Gasteiger charge is -2.39. The summed E-state index contributed by atoms with van der Waals surface area (Å²) in [5.74, 6) is 1.46. The van der Waals surface area contributed by atoms with E-state index in [1.807, 2.05) is 0 Å². The van der Waals surface area contributed by atoms with Gasteiger partial charge in [-0.05, 0) is 64.1 Å². The first kappa shape index (κ1) is 16.5. The Balaban J connectivity index is 0.00000147. The van der Waals surface area contributed by atoms with Crippen LogP contribution < -0.4 is 5.32 Å². The molecule has 0 aromatic rings. The Kier molecular flexibility index (Phi) is 6.60. The molecular weight excluding hydrogens is 272 g/mol. The van der Waals surface area contributed by atoms with Gasteiger partial charge in [0.15, 0.2) is 0 Å². The van der Waals surface area contributed by atoms with Crippen molar-refractivity contribution in [2.45, 2.75) is 63.5 Å². The van der Waals surface area contributed by atoms with Crippen LogP contribution in [0.3, 0.4) is 0 Å². The maximum atomic E-state index is 10.3. The molecule has 2 saturated heterocycles. The van der Waals surface area contributed by atoms with E-state index in [-0.39, 0.29) is 18.5 Å². The molecule has 0 bridgehead atoms. The van der Waals surface area contributed by atoms with Crippen LogP contribution in [0.4, 0.5) is 0 Å². The molecule has 3 rings (SSSR count). The second-order valence-corrected chi connectivity index (χ2v) is 6.91. The van der Waals surface area contributed by atoms with Crippen molar-refractivity contribution in [1.82, 2.24) is 10.2 Å². The summed E-state index contributed by atoms with van der Waals surface area (Å²) < 4.78 is 0. The summed E-state index contributed by atoms with van der Waals surface area (Å²) in [5.41, 5.74) is 0. The molecule has 20 heavy (non-hydrogen) atoms. The number of rotatable bonds is 3.